The second-order valence-corrected chi connectivity index (χ2v) is 10.3. The molecule has 1 aliphatic rings. The molecule has 0 aliphatic heterocycles. The van der Waals surface area contributed by atoms with Gasteiger partial charge in [-0.3, -0.25) is 0 Å². The van der Waals surface area contributed by atoms with Gasteiger partial charge in [-0.15, -0.1) is 0 Å². The Labute approximate surface area is 201 Å². The van der Waals surface area contributed by atoms with Crippen molar-refractivity contribution < 1.29 is 0 Å². The van der Waals surface area contributed by atoms with Gasteiger partial charge in [0.1, 0.15) is 0 Å². The lowest BCUT2D eigenvalue weighted by atomic mass is 9.54. The Morgan fingerprint density at radius 1 is 0.529 bits per heavy atom. The molecule has 6 rings (SSSR count). The quantitative estimate of drug-likeness (QED) is 0.276. The summed E-state index contributed by atoms with van der Waals surface area (Å²) in [5.74, 6) is 0.789. The van der Waals surface area contributed by atoms with Gasteiger partial charge in [0.15, 0.2) is 5.82 Å². The van der Waals surface area contributed by atoms with E-state index in [0.717, 1.165) is 33.5 Å². The number of aromatic nitrogens is 2. The van der Waals surface area contributed by atoms with Crippen molar-refractivity contribution in [1.29, 1.82) is 0 Å². The molecule has 0 saturated heterocycles. The van der Waals surface area contributed by atoms with Crippen molar-refractivity contribution in [2.45, 2.75) is 38.5 Å². The third-order valence-corrected chi connectivity index (χ3v) is 8.03. The van der Waals surface area contributed by atoms with Gasteiger partial charge in [-0.2, -0.15) is 0 Å². The van der Waals surface area contributed by atoms with Gasteiger partial charge >= 0.3 is 0 Å². The summed E-state index contributed by atoms with van der Waals surface area (Å²) in [6, 6.07) is 34.2. The van der Waals surface area contributed by atoms with Crippen molar-refractivity contribution in [3.63, 3.8) is 0 Å². The van der Waals surface area contributed by atoms with E-state index in [-0.39, 0.29) is 10.8 Å². The summed E-state index contributed by atoms with van der Waals surface area (Å²) in [6.07, 6.45) is 0. The van der Waals surface area contributed by atoms with E-state index in [2.05, 4.69) is 119 Å². The normalized spacial score (nSPS) is 15.5. The van der Waals surface area contributed by atoms with Crippen LogP contribution in [0.2, 0.25) is 0 Å². The van der Waals surface area contributed by atoms with Crippen LogP contribution in [0, 0.1) is 0 Å². The summed E-state index contributed by atoms with van der Waals surface area (Å²) in [5, 5.41) is 1.08. The van der Waals surface area contributed by atoms with Gasteiger partial charge in [0.2, 0.25) is 0 Å². The number of hydrogen-bond donors (Lipinski definition) is 0. The van der Waals surface area contributed by atoms with E-state index in [1.54, 1.807) is 0 Å². The van der Waals surface area contributed by atoms with Gasteiger partial charge in [-0.05, 0) is 33.7 Å². The van der Waals surface area contributed by atoms with Gasteiger partial charge in [-0.1, -0.05) is 119 Å². The second kappa shape index (κ2) is 7.36. The zero-order valence-electron chi connectivity index (χ0n) is 20.1. The molecule has 0 N–H and O–H groups in total. The molecular formula is C32H28N2. The number of para-hydroxylation sites is 1. The molecule has 0 unspecified atom stereocenters. The predicted octanol–water partition coefficient (Wildman–Crippen LogP) is 8.20. The molecule has 1 heterocycles. The number of hydrogen-bond acceptors (Lipinski definition) is 2. The molecule has 0 saturated carbocycles. The minimum atomic E-state index is -0.116. The van der Waals surface area contributed by atoms with Crippen LogP contribution in [0.25, 0.3) is 44.7 Å². The molecule has 0 amide bonds. The summed E-state index contributed by atoms with van der Waals surface area (Å²) < 4.78 is 0. The third-order valence-electron chi connectivity index (χ3n) is 8.03. The molecule has 1 aliphatic carbocycles. The summed E-state index contributed by atoms with van der Waals surface area (Å²) in [6.45, 7) is 9.46. The molecule has 4 aromatic carbocycles. The van der Waals surface area contributed by atoms with Crippen LogP contribution in [0.4, 0.5) is 0 Å². The average molecular weight is 441 g/mol. The zero-order chi connectivity index (χ0) is 23.5. The average Bonchev–Trinajstić information content (AvgIpc) is 2.87. The molecule has 0 radical (unpaired) electrons. The number of rotatable bonds is 2. The first-order valence-corrected chi connectivity index (χ1v) is 12.0. The first-order valence-electron chi connectivity index (χ1n) is 12.0. The highest BCUT2D eigenvalue weighted by atomic mass is 14.9. The van der Waals surface area contributed by atoms with Gasteiger partial charge < -0.3 is 0 Å². The van der Waals surface area contributed by atoms with E-state index in [4.69, 9.17) is 9.97 Å². The van der Waals surface area contributed by atoms with Crippen LogP contribution in [0.3, 0.4) is 0 Å². The van der Waals surface area contributed by atoms with E-state index in [0.29, 0.717) is 0 Å². The molecule has 0 bridgehead atoms. The highest BCUT2D eigenvalue weighted by molar-refractivity contribution is 5.94. The molecule has 2 heteroatoms. The molecule has 0 fully saturated rings. The predicted molar refractivity (Wildman–Crippen MR) is 142 cm³/mol. The van der Waals surface area contributed by atoms with Crippen LogP contribution >= 0.6 is 0 Å². The van der Waals surface area contributed by atoms with E-state index in [1.807, 2.05) is 6.07 Å². The maximum Gasteiger partial charge on any atom is 0.160 e. The first-order chi connectivity index (χ1) is 16.4. The fourth-order valence-electron chi connectivity index (χ4n) is 5.56. The minimum absolute atomic E-state index is 0.0498. The highest BCUT2D eigenvalue weighted by Crippen LogP contribution is 2.55. The maximum absolute atomic E-state index is 5.21. The van der Waals surface area contributed by atoms with Crippen molar-refractivity contribution in [1.82, 2.24) is 9.97 Å². The van der Waals surface area contributed by atoms with Crippen LogP contribution in [0.1, 0.15) is 38.8 Å². The lowest BCUT2D eigenvalue weighted by molar-refractivity contribution is 0.300. The Balaban J connectivity index is 1.69. The second-order valence-electron chi connectivity index (χ2n) is 10.3. The Bertz CT molecular complexity index is 1540. The Hall–Kier alpha value is -3.78. The molecule has 1 aromatic heterocycles. The molecule has 0 spiro atoms. The van der Waals surface area contributed by atoms with E-state index < -0.39 is 0 Å². The smallest absolute Gasteiger partial charge is 0.160 e. The monoisotopic (exact) mass is 440 g/mol. The van der Waals surface area contributed by atoms with Crippen molar-refractivity contribution >= 4 is 10.9 Å². The molecule has 166 valence electrons. The van der Waals surface area contributed by atoms with Crippen LogP contribution < -0.4 is 0 Å². The number of nitrogens with zero attached hydrogens (tertiary/aromatic N) is 2. The number of benzene rings is 4. The van der Waals surface area contributed by atoms with E-state index >= 15 is 0 Å². The third kappa shape index (κ3) is 2.88. The highest BCUT2D eigenvalue weighted by Gasteiger charge is 2.47. The topological polar surface area (TPSA) is 25.8 Å². The zero-order valence-corrected chi connectivity index (χ0v) is 20.1. The fourth-order valence-corrected chi connectivity index (χ4v) is 5.56. The van der Waals surface area contributed by atoms with Crippen LogP contribution in [0.15, 0.2) is 97.1 Å². The van der Waals surface area contributed by atoms with Crippen LogP contribution in [-0.2, 0) is 10.8 Å². The van der Waals surface area contributed by atoms with Crippen molar-refractivity contribution in [2.75, 3.05) is 0 Å². The van der Waals surface area contributed by atoms with Gasteiger partial charge in [0, 0.05) is 21.9 Å². The van der Waals surface area contributed by atoms with Crippen molar-refractivity contribution in [3.8, 4) is 33.8 Å². The summed E-state index contributed by atoms with van der Waals surface area (Å²) in [4.78, 5) is 10.3. The van der Waals surface area contributed by atoms with Crippen LogP contribution in [-0.4, -0.2) is 9.97 Å². The first kappa shape index (κ1) is 20.8. The van der Waals surface area contributed by atoms with Crippen molar-refractivity contribution in [3.05, 3.63) is 108 Å². The molecular weight excluding hydrogens is 412 g/mol. The Kier molecular flexibility index (Phi) is 4.50. The largest absolute Gasteiger partial charge is 0.228 e. The van der Waals surface area contributed by atoms with E-state index in [9.17, 15) is 0 Å². The molecule has 34 heavy (non-hydrogen) atoms. The lowest BCUT2D eigenvalue weighted by Crippen LogP contribution is -2.44. The number of fused-ring (bicyclic) bond motifs is 4. The minimum Gasteiger partial charge on any atom is -0.228 e. The SMILES string of the molecule is CC1(C)c2ccccc2-c2cccc(-c3nc(-c4ccccc4)c4ccccc4n3)c2C1(C)C. The maximum atomic E-state index is 5.21. The molecule has 0 atom stereocenters. The molecule has 2 nitrogen and oxygen atoms in total. The van der Waals surface area contributed by atoms with Crippen LogP contribution in [0.5, 0.6) is 0 Å². The molecule has 5 aromatic rings. The lowest BCUT2D eigenvalue weighted by Gasteiger charge is -2.49. The van der Waals surface area contributed by atoms with Gasteiger partial charge in [-0.25, -0.2) is 9.97 Å². The standard InChI is InChI=1S/C32H28N2/c1-31(2)26-19-10-8-15-22(26)23-17-12-18-25(28(23)32(31,3)4)30-33-27-20-11-9-16-24(27)29(34-30)21-13-6-5-7-14-21/h5-20H,1-4H3. The van der Waals surface area contributed by atoms with E-state index in [1.165, 1.54) is 22.3 Å². The summed E-state index contributed by atoms with van der Waals surface area (Å²) >= 11 is 0. The van der Waals surface area contributed by atoms with Crippen molar-refractivity contribution in [2.24, 2.45) is 0 Å². The summed E-state index contributed by atoms with van der Waals surface area (Å²) in [5.41, 5.74) is 9.33. The van der Waals surface area contributed by atoms with Gasteiger partial charge in [0.05, 0.1) is 11.2 Å². The van der Waals surface area contributed by atoms with Gasteiger partial charge in [0.25, 0.3) is 0 Å². The summed E-state index contributed by atoms with van der Waals surface area (Å²) in [7, 11) is 0. The Morgan fingerprint density at radius 2 is 1.18 bits per heavy atom. The fraction of sp³-hybridized carbons (Fsp3) is 0.188. The Morgan fingerprint density at radius 3 is 2.00 bits per heavy atom.